The molecule has 0 spiro atoms. The lowest BCUT2D eigenvalue weighted by molar-refractivity contribution is 0.0990. The Kier molecular flexibility index (Phi) is 4.20. The van der Waals surface area contributed by atoms with E-state index in [0.29, 0.717) is 12.1 Å². The van der Waals surface area contributed by atoms with Crippen LogP contribution in [-0.4, -0.2) is 18.0 Å². The number of pyridine rings is 1. The Balaban J connectivity index is 2.43. The number of benzene rings is 1. The molecule has 0 bridgehead atoms. The summed E-state index contributed by atoms with van der Waals surface area (Å²) in [4.78, 5) is 4.05. The van der Waals surface area contributed by atoms with Crippen molar-refractivity contribution in [3.8, 4) is 0 Å². The molecule has 0 aliphatic rings. The fourth-order valence-electron chi connectivity index (χ4n) is 2.02. The molecule has 2 nitrogen and oxygen atoms in total. The van der Waals surface area contributed by atoms with Crippen LogP contribution in [0.25, 0.3) is 10.8 Å². The number of alkyl halides is 2. The predicted octanol–water partition coefficient (Wildman–Crippen LogP) is 3.54. The first-order valence-electron chi connectivity index (χ1n) is 6.08. The van der Waals surface area contributed by atoms with Crippen molar-refractivity contribution in [3.63, 3.8) is 0 Å². The van der Waals surface area contributed by atoms with Crippen LogP contribution in [0.3, 0.4) is 0 Å². The summed E-state index contributed by atoms with van der Waals surface area (Å²) >= 11 is 0. The van der Waals surface area contributed by atoms with Gasteiger partial charge in [0.15, 0.2) is 0 Å². The van der Waals surface area contributed by atoms with E-state index < -0.39 is 12.5 Å². The van der Waals surface area contributed by atoms with Crippen molar-refractivity contribution in [2.75, 3.05) is 6.54 Å². The molecule has 1 heterocycles. The van der Waals surface area contributed by atoms with Crippen LogP contribution >= 0.6 is 0 Å². The fourth-order valence-corrected chi connectivity index (χ4v) is 2.02. The van der Waals surface area contributed by atoms with Gasteiger partial charge in [-0.15, -0.1) is 0 Å². The Labute approximate surface area is 105 Å². The van der Waals surface area contributed by atoms with E-state index in [4.69, 9.17) is 0 Å². The molecule has 1 atom stereocenters. The third-order valence-electron chi connectivity index (χ3n) is 2.90. The van der Waals surface area contributed by atoms with Crippen molar-refractivity contribution >= 4 is 10.8 Å². The second-order valence-electron chi connectivity index (χ2n) is 4.22. The standard InChI is InChI=1S/C14H16F2N2/c1-2-7-18-13(14(15)16)12-9-17-8-10-5-3-4-6-11(10)12/h3-6,8-9,13-14,18H,2,7H2,1H3. The van der Waals surface area contributed by atoms with Crippen molar-refractivity contribution in [3.05, 3.63) is 42.2 Å². The number of aromatic nitrogens is 1. The van der Waals surface area contributed by atoms with Crippen molar-refractivity contribution < 1.29 is 8.78 Å². The van der Waals surface area contributed by atoms with Crippen LogP contribution in [0.2, 0.25) is 0 Å². The third-order valence-corrected chi connectivity index (χ3v) is 2.90. The monoisotopic (exact) mass is 250 g/mol. The van der Waals surface area contributed by atoms with E-state index in [1.54, 1.807) is 6.20 Å². The van der Waals surface area contributed by atoms with Gasteiger partial charge >= 0.3 is 0 Å². The molecule has 1 aromatic heterocycles. The first kappa shape index (κ1) is 12.9. The van der Waals surface area contributed by atoms with Crippen molar-refractivity contribution in [1.29, 1.82) is 0 Å². The molecule has 0 radical (unpaired) electrons. The molecule has 0 aliphatic heterocycles. The van der Waals surface area contributed by atoms with E-state index in [1.165, 1.54) is 6.20 Å². The number of hydrogen-bond acceptors (Lipinski definition) is 2. The normalized spacial score (nSPS) is 13.1. The van der Waals surface area contributed by atoms with Crippen LogP contribution in [0.4, 0.5) is 8.78 Å². The highest BCUT2D eigenvalue weighted by atomic mass is 19.3. The van der Waals surface area contributed by atoms with Gasteiger partial charge < -0.3 is 5.32 Å². The van der Waals surface area contributed by atoms with Gasteiger partial charge in [0.2, 0.25) is 0 Å². The lowest BCUT2D eigenvalue weighted by Gasteiger charge is -2.19. The summed E-state index contributed by atoms with van der Waals surface area (Å²) in [5, 5.41) is 4.61. The summed E-state index contributed by atoms with van der Waals surface area (Å²) in [6, 6.07) is 6.52. The van der Waals surface area contributed by atoms with E-state index in [0.717, 1.165) is 17.2 Å². The molecule has 1 unspecified atom stereocenters. The second-order valence-corrected chi connectivity index (χ2v) is 4.22. The SMILES string of the molecule is CCCNC(c1cncc2ccccc12)C(F)F. The molecule has 2 rings (SSSR count). The number of halogens is 2. The molecule has 18 heavy (non-hydrogen) atoms. The van der Waals surface area contributed by atoms with Crippen LogP contribution in [0.5, 0.6) is 0 Å². The zero-order valence-electron chi connectivity index (χ0n) is 10.2. The first-order valence-corrected chi connectivity index (χ1v) is 6.08. The van der Waals surface area contributed by atoms with Gasteiger partial charge in [-0.25, -0.2) is 8.78 Å². The predicted molar refractivity (Wildman–Crippen MR) is 68.8 cm³/mol. The zero-order chi connectivity index (χ0) is 13.0. The van der Waals surface area contributed by atoms with Gasteiger partial charge in [0.05, 0.1) is 6.04 Å². The Bertz CT molecular complexity index is 509. The quantitative estimate of drug-likeness (QED) is 0.878. The summed E-state index contributed by atoms with van der Waals surface area (Å²) in [6.07, 6.45) is 1.61. The summed E-state index contributed by atoms with van der Waals surface area (Å²) < 4.78 is 26.3. The Morgan fingerprint density at radius 1 is 1.22 bits per heavy atom. The maximum atomic E-state index is 13.1. The molecule has 4 heteroatoms. The molecular formula is C14H16F2N2. The second kappa shape index (κ2) is 5.87. The fraction of sp³-hybridized carbons (Fsp3) is 0.357. The average Bonchev–Trinajstić information content (AvgIpc) is 2.39. The van der Waals surface area contributed by atoms with Crippen molar-refractivity contribution in [1.82, 2.24) is 10.3 Å². The van der Waals surface area contributed by atoms with E-state index in [9.17, 15) is 8.78 Å². The molecule has 1 N–H and O–H groups in total. The van der Waals surface area contributed by atoms with Crippen LogP contribution in [0.15, 0.2) is 36.7 Å². The zero-order valence-corrected chi connectivity index (χ0v) is 10.2. The highest BCUT2D eigenvalue weighted by Gasteiger charge is 2.23. The van der Waals surface area contributed by atoms with Gasteiger partial charge in [-0.05, 0) is 18.4 Å². The minimum absolute atomic E-state index is 0.566. The van der Waals surface area contributed by atoms with Crippen LogP contribution in [-0.2, 0) is 0 Å². The summed E-state index contributed by atoms with van der Waals surface area (Å²) in [6.45, 7) is 2.52. The van der Waals surface area contributed by atoms with E-state index >= 15 is 0 Å². The van der Waals surface area contributed by atoms with Gasteiger partial charge in [0.25, 0.3) is 6.43 Å². The van der Waals surface area contributed by atoms with Crippen molar-refractivity contribution in [2.24, 2.45) is 0 Å². The van der Waals surface area contributed by atoms with Crippen LogP contribution in [0, 0.1) is 0 Å². The molecule has 2 aromatic rings. The molecular weight excluding hydrogens is 234 g/mol. The smallest absolute Gasteiger partial charge is 0.257 e. The third kappa shape index (κ3) is 2.64. The Morgan fingerprint density at radius 3 is 2.72 bits per heavy atom. The Hall–Kier alpha value is -1.55. The maximum Gasteiger partial charge on any atom is 0.257 e. The van der Waals surface area contributed by atoms with Crippen LogP contribution < -0.4 is 5.32 Å². The summed E-state index contributed by atoms with van der Waals surface area (Å²) in [5.41, 5.74) is 0.566. The minimum atomic E-state index is -2.44. The maximum absolute atomic E-state index is 13.1. The van der Waals surface area contributed by atoms with E-state index in [-0.39, 0.29) is 0 Å². The van der Waals surface area contributed by atoms with Gasteiger partial charge in [-0.2, -0.15) is 0 Å². The van der Waals surface area contributed by atoms with Gasteiger partial charge in [0.1, 0.15) is 0 Å². The number of rotatable bonds is 5. The topological polar surface area (TPSA) is 24.9 Å². The Morgan fingerprint density at radius 2 is 2.00 bits per heavy atom. The highest BCUT2D eigenvalue weighted by molar-refractivity contribution is 5.85. The molecule has 0 amide bonds. The van der Waals surface area contributed by atoms with Gasteiger partial charge in [-0.3, -0.25) is 4.98 Å². The molecule has 96 valence electrons. The van der Waals surface area contributed by atoms with Crippen molar-refractivity contribution in [2.45, 2.75) is 25.8 Å². The average molecular weight is 250 g/mol. The minimum Gasteiger partial charge on any atom is -0.305 e. The number of nitrogens with zero attached hydrogens (tertiary/aromatic N) is 1. The van der Waals surface area contributed by atoms with E-state index in [1.807, 2.05) is 31.2 Å². The van der Waals surface area contributed by atoms with E-state index in [2.05, 4.69) is 10.3 Å². The summed E-state index contributed by atoms with van der Waals surface area (Å²) in [5.74, 6) is 0. The molecule has 1 aromatic carbocycles. The lowest BCUT2D eigenvalue weighted by Crippen LogP contribution is -2.28. The highest BCUT2D eigenvalue weighted by Crippen LogP contribution is 2.27. The van der Waals surface area contributed by atoms with Gasteiger partial charge in [0, 0.05) is 23.3 Å². The lowest BCUT2D eigenvalue weighted by atomic mass is 10.0. The van der Waals surface area contributed by atoms with Gasteiger partial charge in [-0.1, -0.05) is 31.2 Å². The van der Waals surface area contributed by atoms with Crippen LogP contribution in [0.1, 0.15) is 24.9 Å². The molecule has 0 saturated heterocycles. The largest absolute Gasteiger partial charge is 0.305 e. The molecule has 0 saturated carbocycles. The molecule has 0 aliphatic carbocycles. The summed E-state index contributed by atoms with van der Waals surface area (Å²) in [7, 11) is 0. The number of hydrogen-bond donors (Lipinski definition) is 1. The number of nitrogens with one attached hydrogen (secondary N) is 1. The first-order chi connectivity index (χ1) is 8.74. The molecule has 0 fully saturated rings. The number of fused-ring (bicyclic) bond motifs is 1.